The Kier molecular flexibility index (Phi) is 7.58. The second-order valence-electron chi connectivity index (χ2n) is 11.4. The fourth-order valence-electron chi connectivity index (χ4n) is 6.30. The smallest absolute Gasteiger partial charge is 0.356 e. The first-order chi connectivity index (χ1) is 19.4. The van der Waals surface area contributed by atoms with E-state index in [1.807, 2.05) is 18.2 Å². The third kappa shape index (κ3) is 5.24. The van der Waals surface area contributed by atoms with Crippen LogP contribution in [0.1, 0.15) is 78.2 Å². The Balaban J connectivity index is 1.04. The lowest BCUT2D eigenvalue weighted by molar-refractivity contribution is 0.0590. The molecule has 0 spiro atoms. The number of ether oxygens (including phenoxy) is 1. The SMILES string of the molecule is COC(=O)c1c2ccc(N3CCC(CCCCc4c(-c5c(C)cccc5Cl)noc4C4CC4)CC3)cc2nn1C. The first-order valence-corrected chi connectivity index (χ1v) is 14.9. The number of halogens is 1. The Morgan fingerprint density at radius 2 is 1.93 bits per heavy atom. The molecular formula is C32H37ClN4O3. The van der Waals surface area contributed by atoms with Crippen LogP contribution in [0.3, 0.4) is 0 Å². The molecule has 0 bridgehead atoms. The molecule has 1 aliphatic carbocycles. The van der Waals surface area contributed by atoms with E-state index in [0.29, 0.717) is 11.6 Å². The van der Waals surface area contributed by atoms with E-state index in [4.69, 9.17) is 20.9 Å². The maximum absolute atomic E-state index is 12.2. The van der Waals surface area contributed by atoms with Crippen molar-refractivity contribution in [3.8, 4) is 11.3 Å². The molecule has 0 radical (unpaired) electrons. The highest BCUT2D eigenvalue weighted by Gasteiger charge is 2.33. The predicted octanol–water partition coefficient (Wildman–Crippen LogP) is 7.48. The molecule has 0 unspecified atom stereocenters. The van der Waals surface area contributed by atoms with E-state index in [-0.39, 0.29) is 5.97 Å². The fraction of sp³-hybridized carbons (Fsp3) is 0.469. The van der Waals surface area contributed by atoms with Crippen molar-refractivity contribution in [2.45, 2.75) is 64.2 Å². The average Bonchev–Trinajstić information content (AvgIpc) is 3.63. The lowest BCUT2D eigenvalue weighted by Crippen LogP contribution is -2.33. The highest BCUT2D eigenvalue weighted by molar-refractivity contribution is 6.33. The van der Waals surface area contributed by atoms with Gasteiger partial charge in [-0.3, -0.25) is 4.68 Å². The Bertz CT molecular complexity index is 1510. The standard InChI is InChI=1S/C32H37ClN4O3/c1-20-7-6-10-26(33)28(20)29-25(31(40-35-29)22-11-12-22)9-5-4-8-21-15-17-37(18-16-21)23-13-14-24-27(19-23)34-36(2)30(24)32(38)39-3/h6-7,10,13-14,19,21-22H,4-5,8-9,11-12,15-18H2,1-3H3. The molecule has 0 N–H and O–H groups in total. The number of methoxy groups -OCH3 is 1. The normalized spacial score (nSPS) is 16.1. The van der Waals surface area contributed by atoms with Crippen LogP contribution in [0.2, 0.25) is 5.02 Å². The molecule has 1 saturated heterocycles. The van der Waals surface area contributed by atoms with E-state index >= 15 is 0 Å². The van der Waals surface area contributed by atoms with Crippen molar-refractivity contribution in [3.63, 3.8) is 0 Å². The van der Waals surface area contributed by atoms with Gasteiger partial charge in [0, 0.05) is 48.3 Å². The molecule has 2 fully saturated rings. The first-order valence-electron chi connectivity index (χ1n) is 14.5. The molecule has 0 atom stereocenters. The number of unbranched alkanes of at least 4 members (excludes halogenated alkanes) is 1. The van der Waals surface area contributed by atoms with Gasteiger partial charge in [0.2, 0.25) is 0 Å². The van der Waals surface area contributed by atoms with Gasteiger partial charge in [0.15, 0.2) is 5.69 Å². The van der Waals surface area contributed by atoms with Crippen molar-refractivity contribution in [2.75, 3.05) is 25.1 Å². The number of anilines is 1. The minimum Gasteiger partial charge on any atom is -0.464 e. The molecule has 2 aromatic heterocycles. The molecule has 8 heteroatoms. The van der Waals surface area contributed by atoms with Crippen LogP contribution in [0, 0.1) is 12.8 Å². The van der Waals surface area contributed by atoms with Gasteiger partial charge >= 0.3 is 5.97 Å². The fourth-order valence-corrected chi connectivity index (χ4v) is 6.61. The van der Waals surface area contributed by atoms with Gasteiger partial charge < -0.3 is 14.2 Å². The molecule has 2 aliphatic rings. The summed E-state index contributed by atoms with van der Waals surface area (Å²) in [6.07, 6.45) is 9.36. The monoisotopic (exact) mass is 560 g/mol. The number of fused-ring (bicyclic) bond motifs is 1. The van der Waals surface area contributed by atoms with E-state index in [1.54, 1.807) is 11.7 Å². The van der Waals surface area contributed by atoms with Crippen molar-refractivity contribution < 1.29 is 14.1 Å². The summed E-state index contributed by atoms with van der Waals surface area (Å²) in [5.74, 6) is 2.00. The third-order valence-electron chi connectivity index (χ3n) is 8.69. The van der Waals surface area contributed by atoms with Crippen LogP contribution in [0.15, 0.2) is 40.9 Å². The van der Waals surface area contributed by atoms with E-state index in [1.165, 1.54) is 56.9 Å². The van der Waals surface area contributed by atoms with Crippen LogP contribution in [-0.4, -0.2) is 41.1 Å². The number of esters is 1. The van der Waals surface area contributed by atoms with Crippen LogP contribution in [0.5, 0.6) is 0 Å². The molecule has 3 heterocycles. The highest BCUT2D eigenvalue weighted by atomic mass is 35.5. The molecule has 1 aliphatic heterocycles. The van der Waals surface area contributed by atoms with Crippen LogP contribution < -0.4 is 4.90 Å². The van der Waals surface area contributed by atoms with Gasteiger partial charge in [-0.15, -0.1) is 0 Å². The number of hydrogen-bond donors (Lipinski definition) is 0. The van der Waals surface area contributed by atoms with Gasteiger partial charge in [-0.2, -0.15) is 5.10 Å². The van der Waals surface area contributed by atoms with Crippen LogP contribution in [0.4, 0.5) is 5.69 Å². The van der Waals surface area contributed by atoms with E-state index < -0.39 is 0 Å². The van der Waals surface area contributed by atoms with Gasteiger partial charge in [0.1, 0.15) is 11.5 Å². The van der Waals surface area contributed by atoms with E-state index in [2.05, 4.69) is 40.3 Å². The van der Waals surface area contributed by atoms with Crippen molar-refractivity contribution in [2.24, 2.45) is 13.0 Å². The number of piperidine rings is 1. The Labute approximate surface area is 240 Å². The van der Waals surface area contributed by atoms with Crippen LogP contribution in [0.25, 0.3) is 22.2 Å². The number of rotatable bonds is 9. The summed E-state index contributed by atoms with van der Waals surface area (Å²) in [7, 11) is 3.19. The lowest BCUT2D eigenvalue weighted by Gasteiger charge is -2.33. The predicted molar refractivity (Wildman–Crippen MR) is 158 cm³/mol. The number of aromatic nitrogens is 3. The molecule has 7 nitrogen and oxygen atoms in total. The van der Waals surface area contributed by atoms with Gasteiger partial charge in [0.25, 0.3) is 0 Å². The number of hydrogen-bond acceptors (Lipinski definition) is 6. The average molecular weight is 561 g/mol. The van der Waals surface area contributed by atoms with Gasteiger partial charge in [-0.25, -0.2) is 4.79 Å². The number of carbonyl (C=O) groups excluding carboxylic acids is 1. The zero-order valence-electron chi connectivity index (χ0n) is 23.6. The lowest BCUT2D eigenvalue weighted by atomic mass is 9.90. The molecule has 40 heavy (non-hydrogen) atoms. The molecule has 6 rings (SSSR count). The van der Waals surface area contributed by atoms with Gasteiger partial charge in [-0.1, -0.05) is 41.7 Å². The van der Waals surface area contributed by atoms with Gasteiger partial charge in [0.05, 0.1) is 17.6 Å². The summed E-state index contributed by atoms with van der Waals surface area (Å²) >= 11 is 6.61. The zero-order chi connectivity index (χ0) is 27.8. The summed E-state index contributed by atoms with van der Waals surface area (Å²) in [6, 6.07) is 12.2. The topological polar surface area (TPSA) is 73.4 Å². The Morgan fingerprint density at radius 1 is 1.12 bits per heavy atom. The summed E-state index contributed by atoms with van der Waals surface area (Å²) in [5, 5.41) is 10.6. The molecule has 2 aromatic carbocycles. The summed E-state index contributed by atoms with van der Waals surface area (Å²) < 4.78 is 12.4. The maximum Gasteiger partial charge on any atom is 0.356 e. The molecule has 210 valence electrons. The number of carbonyl (C=O) groups is 1. The molecule has 4 aromatic rings. The van der Waals surface area contributed by atoms with Crippen molar-refractivity contribution in [3.05, 3.63) is 64.0 Å². The summed E-state index contributed by atoms with van der Waals surface area (Å²) in [5.41, 5.74) is 6.87. The highest BCUT2D eigenvalue weighted by Crippen LogP contribution is 2.45. The second kappa shape index (κ2) is 11.3. The largest absolute Gasteiger partial charge is 0.464 e. The second-order valence-corrected chi connectivity index (χ2v) is 11.8. The van der Waals surface area contributed by atoms with E-state index in [0.717, 1.165) is 70.4 Å². The van der Waals surface area contributed by atoms with Crippen molar-refractivity contribution in [1.82, 2.24) is 14.9 Å². The maximum atomic E-state index is 12.2. The summed E-state index contributed by atoms with van der Waals surface area (Å²) in [6.45, 7) is 4.18. The van der Waals surface area contributed by atoms with Crippen molar-refractivity contribution >= 4 is 34.2 Å². The van der Waals surface area contributed by atoms with Crippen LogP contribution in [-0.2, 0) is 18.2 Å². The molecule has 0 amide bonds. The Hall–Kier alpha value is -3.32. The number of nitrogens with zero attached hydrogens (tertiary/aromatic N) is 4. The van der Waals surface area contributed by atoms with Gasteiger partial charge in [-0.05, 0) is 81.2 Å². The quantitative estimate of drug-likeness (QED) is 0.156. The first kappa shape index (κ1) is 26.9. The Morgan fingerprint density at radius 3 is 2.65 bits per heavy atom. The number of benzene rings is 2. The zero-order valence-corrected chi connectivity index (χ0v) is 24.3. The molecule has 1 saturated carbocycles. The summed E-state index contributed by atoms with van der Waals surface area (Å²) in [4.78, 5) is 14.6. The third-order valence-corrected chi connectivity index (χ3v) is 9.01. The minimum absolute atomic E-state index is 0.360. The minimum atomic E-state index is -0.360. The van der Waals surface area contributed by atoms with Crippen LogP contribution >= 0.6 is 11.6 Å². The number of aryl methyl sites for hydroxylation is 2. The van der Waals surface area contributed by atoms with Crippen molar-refractivity contribution in [1.29, 1.82) is 0 Å². The van der Waals surface area contributed by atoms with E-state index in [9.17, 15) is 4.79 Å². The molecular weight excluding hydrogens is 524 g/mol.